The van der Waals surface area contributed by atoms with Gasteiger partial charge in [0.1, 0.15) is 10.0 Å². The van der Waals surface area contributed by atoms with Crippen molar-refractivity contribution in [3.63, 3.8) is 0 Å². The van der Waals surface area contributed by atoms with E-state index in [2.05, 4.69) is 5.32 Å². The molecular weight excluding hydrogens is 401 g/mol. The van der Waals surface area contributed by atoms with E-state index in [4.69, 9.17) is 0 Å². The predicted octanol–water partition coefficient (Wildman–Crippen LogP) is 2.71. The van der Waals surface area contributed by atoms with Gasteiger partial charge in [-0.05, 0) is 49.7 Å². The average molecular weight is 428 g/mol. The summed E-state index contributed by atoms with van der Waals surface area (Å²) < 4.78 is 39.7. The van der Waals surface area contributed by atoms with E-state index in [0.717, 1.165) is 5.56 Å². The monoisotopic (exact) mass is 427 g/mol. The van der Waals surface area contributed by atoms with Crippen LogP contribution < -0.4 is 5.32 Å². The van der Waals surface area contributed by atoms with E-state index in [1.165, 1.54) is 34.8 Å². The highest BCUT2D eigenvalue weighted by Gasteiger charge is 2.21. The summed E-state index contributed by atoms with van der Waals surface area (Å²) in [5.41, 5.74) is 0.784. The molecule has 2 rings (SSSR count). The minimum absolute atomic E-state index is 0.151. The maximum atomic E-state index is 13.5. The van der Waals surface area contributed by atoms with Gasteiger partial charge >= 0.3 is 0 Å². The molecule has 9 heteroatoms. The molecule has 0 radical (unpaired) electrons. The molecule has 1 N–H and O–H groups in total. The van der Waals surface area contributed by atoms with Crippen molar-refractivity contribution >= 4 is 27.3 Å². The molecule has 1 aromatic carbocycles. The first-order valence-corrected chi connectivity index (χ1v) is 11.2. The van der Waals surface area contributed by atoms with Crippen LogP contribution in [0, 0.1) is 5.82 Å². The van der Waals surface area contributed by atoms with Crippen molar-refractivity contribution in [2.24, 2.45) is 0 Å². The van der Waals surface area contributed by atoms with Crippen molar-refractivity contribution in [1.82, 2.24) is 14.5 Å². The van der Waals surface area contributed by atoms with E-state index in [1.54, 1.807) is 23.6 Å². The van der Waals surface area contributed by atoms with Crippen LogP contribution in [0.1, 0.15) is 24.4 Å². The Kier molecular flexibility index (Phi) is 8.11. The van der Waals surface area contributed by atoms with E-state index < -0.39 is 10.0 Å². The highest BCUT2D eigenvalue weighted by atomic mass is 32.2. The molecule has 0 saturated heterocycles. The Hall–Kier alpha value is -1.81. The number of nitrogens with zero attached hydrogens (tertiary/aromatic N) is 2. The zero-order valence-electron chi connectivity index (χ0n) is 16.3. The molecule has 1 atom stereocenters. The van der Waals surface area contributed by atoms with Crippen molar-refractivity contribution < 1.29 is 17.6 Å². The van der Waals surface area contributed by atoms with E-state index in [0.29, 0.717) is 17.2 Å². The van der Waals surface area contributed by atoms with Gasteiger partial charge in [0.05, 0.1) is 6.04 Å². The lowest BCUT2D eigenvalue weighted by molar-refractivity contribution is -0.121. The fraction of sp³-hybridized carbons (Fsp3) is 0.421. The van der Waals surface area contributed by atoms with E-state index in [9.17, 15) is 17.6 Å². The second kappa shape index (κ2) is 10.1. The highest BCUT2D eigenvalue weighted by Crippen LogP contribution is 2.20. The molecule has 1 heterocycles. The number of hydrogen-bond acceptors (Lipinski definition) is 5. The lowest BCUT2D eigenvalue weighted by Gasteiger charge is -2.25. The number of carbonyl (C=O) groups excluding carboxylic acids is 1. The standard InChI is InChI=1S/C19H26FN3O3S2/c1-22(2)17(15-7-4-8-16(20)13-15)14-21-18(24)9-5-11-23(3)28(25,26)19-10-6-12-27-19/h4,6-8,10,12-13,17H,5,9,11,14H2,1-3H3,(H,21,24)/t17-/m0/s1. The summed E-state index contributed by atoms with van der Waals surface area (Å²) in [4.78, 5) is 14.1. The van der Waals surface area contributed by atoms with Crippen LogP contribution in [0.5, 0.6) is 0 Å². The number of carbonyl (C=O) groups is 1. The number of hydrogen-bond donors (Lipinski definition) is 1. The third-order valence-electron chi connectivity index (χ3n) is 4.39. The number of nitrogens with one attached hydrogen (secondary N) is 1. The van der Waals surface area contributed by atoms with Gasteiger partial charge < -0.3 is 10.2 Å². The number of halogens is 1. The van der Waals surface area contributed by atoms with Crippen LogP contribution in [-0.2, 0) is 14.8 Å². The zero-order chi connectivity index (χ0) is 20.7. The summed E-state index contributed by atoms with van der Waals surface area (Å²) in [6.45, 7) is 0.604. The van der Waals surface area contributed by atoms with Gasteiger partial charge in [-0.3, -0.25) is 4.79 Å². The third kappa shape index (κ3) is 6.10. The fourth-order valence-corrected chi connectivity index (χ4v) is 5.17. The first kappa shape index (κ1) is 22.5. The van der Waals surface area contributed by atoms with Crippen LogP contribution in [0.25, 0.3) is 0 Å². The van der Waals surface area contributed by atoms with Gasteiger partial charge in [0.2, 0.25) is 5.91 Å². The van der Waals surface area contributed by atoms with Crippen molar-refractivity contribution in [1.29, 1.82) is 0 Å². The first-order valence-electron chi connectivity index (χ1n) is 8.90. The molecule has 0 aliphatic rings. The normalized spacial score (nSPS) is 13.1. The molecule has 6 nitrogen and oxygen atoms in total. The van der Waals surface area contributed by atoms with Crippen LogP contribution in [-0.4, -0.2) is 57.8 Å². The minimum atomic E-state index is -3.49. The highest BCUT2D eigenvalue weighted by molar-refractivity contribution is 7.91. The van der Waals surface area contributed by atoms with Crippen molar-refractivity contribution in [2.45, 2.75) is 23.1 Å². The molecular formula is C19H26FN3O3S2. The van der Waals surface area contributed by atoms with Gasteiger partial charge in [-0.2, -0.15) is 0 Å². The number of amides is 1. The Labute approximate surface area is 170 Å². The van der Waals surface area contributed by atoms with Crippen molar-refractivity contribution in [3.8, 4) is 0 Å². The first-order chi connectivity index (χ1) is 13.2. The Bertz CT molecular complexity index is 870. The van der Waals surface area contributed by atoms with Crippen LogP contribution >= 0.6 is 11.3 Å². The van der Waals surface area contributed by atoms with Gasteiger partial charge in [-0.15, -0.1) is 11.3 Å². The largest absolute Gasteiger partial charge is 0.354 e. The molecule has 0 spiro atoms. The second-order valence-electron chi connectivity index (χ2n) is 6.70. The molecule has 0 saturated carbocycles. The van der Waals surface area contributed by atoms with Gasteiger partial charge in [0.15, 0.2) is 0 Å². The van der Waals surface area contributed by atoms with Gasteiger partial charge in [-0.25, -0.2) is 17.1 Å². The van der Waals surface area contributed by atoms with E-state index in [-0.39, 0.29) is 30.7 Å². The molecule has 2 aromatic rings. The topological polar surface area (TPSA) is 69.7 Å². The van der Waals surface area contributed by atoms with E-state index in [1.807, 2.05) is 25.1 Å². The molecule has 0 fully saturated rings. The summed E-state index contributed by atoms with van der Waals surface area (Å²) in [5.74, 6) is -0.476. The maximum absolute atomic E-state index is 13.5. The molecule has 0 bridgehead atoms. The lowest BCUT2D eigenvalue weighted by atomic mass is 10.1. The van der Waals surface area contributed by atoms with Crippen molar-refractivity contribution in [2.75, 3.05) is 34.2 Å². The fourth-order valence-electron chi connectivity index (χ4n) is 2.76. The van der Waals surface area contributed by atoms with Crippen molar-refractivity contribution in [3.05, 3.63) is 53.2 Å². The summed E-state index contributed by atoms with van der Waals surface area (Å²) in [6, 6.07) is 9.42. The molecule has 1 aromatic heterocycles. The van der Waals surface area contributed by atoms with Crippen LogP contribution in [0.4, 0.5) is 4.39 Å². The van der Waals surface area contributed by atoms with Crippen LogP contribution in [0.2, 0.25) is 0 Å². The quantitative estimate of drug-likeness (QED) is 0.633. The predicted molar refractivity (Wildman–Crippen MR) is 109 cm³/mol. The lowest BCUT2D eigenvalue weighted by Crippen LogP contribution is -2.35. The summed E-state index contributed by atoms with van der Waals surface area (Å²) in [6.07, 6.45) is 0.632. The second-order valence-corrected chi connectivity index (χ2v) is 9.92. The van der Waals surface area contributed by atoms with Gasteiger partial charge in [0, 0.05) is 26.6 Å². The summed E-state index contributed by atoms with van der Waals surface area (Å²) in [5, 5.41) is 4.57. The van der Waals surface area contributed by atoms with E-state index >= 15 is 0 Å². The van der Waals surface area contributed by atoms with Gasteiger partial charge in [-0.1, -0.05) is 18.2 Å². The molecule has 1 amide bonds. The number of rotatable bonds is 10. The molecule has 28 heavy (non-hydrogen) atoms. The Morgan fingerprint density at radius 3 is 2.57 bits per heavy atom. The molecule has 0 aliphatic heterocycles. The Morgan fingerprint density at radius 2 is 1.96 bits per heavy atom. The number of benzene rings is 1. The zero-order valence-corrected chi connectivity index (χ0v) is 17.9. The van der Waals surface area contributed by atoms with Crippen LogP contribution in [0.3, 0.4) is 0 Å². The molecule has 0 unspecified atom stereocenters. The average Bonchev–Trinajstić information content (AvgIpc) is 3.17. The third-order valence-corrected chi connectivity index (χ3v) is 7.62. The van der Waals surface area contributed by atoms with Gasteiger partial charge in [0.25, 0.3) is 10.0 Å². The number of sulfonamides is 1. The Balaban J connectivity index is 1.82. The summed E-state index contributed by atoms with van der Waals surface area (Å²) >= 11 is 1.17. The van der Waals surface area contributed by atoms with Crippen LogP contribution in [0.15, 0.2) is 46.0 Å². The number of thiophene rings is 1. The SMILES string of the molecule is CN(C)[C@@H](CNC(=O)CCCN(C)S(=O)(=O)c1cccs1)c1cccc(F)c1. The smallest absolute Gasteiger partial charge is 0.252 e. The maximum Gasteiger partial charge on any atom is 0.252 e. The number of likely N-dealkylation sites (N-methyl/N-ethyl adjacent to an activating group) is 1. The molecule has 0 aliphatic carbocycles. The Morgan fingerprint density at radius 1 is 1.21 bits per heavy atom. The minimum Gasteiger partial charge on any atom is -0.354 e. The molecule has 154 valence electrons. The summed E-state index contributed by atoms with van der Waals surface area (Å²) in [7, 11) is 1.75.